The Kier molecular flexibility index (Phi) is 4.55. The van der Waals surface area contributed by atoms with Crippen molar-refractivity contribution in [2.45, 2.75) is 19.8 Å². The molecule has 98 valence electrons. The van der Waals surface area contributed by atoms with E-state index in [-0.39, 0.29) is 0 Å². The van der Waals surface area contributed by atoms with E-state index in [0.717, 1.165) is 30.0 Å². The van der Waals surface area contributed by atoms with Crippen molar-refractivity contribution in [3.63, 3.8) is 0 Å². The van der Waals surface area contributed by atoms with Gasteiger partial charge in [0.05, 0.1) is 0 Å². The fraction of sp³-hybridized carbons (Fsp3) is 0.500. The first kappa shape index (κ1) is 13.3. The first-order chi connectivity index (χ1) is 8.66. The first-order valence-corrected chi connectivity index (χ1v) is 6.83. The Morgan fingerprint density at radius 3 is 2.72 bits per heavy atom. The SMILES string of the molecule is Cc1cc(OCCN2CCCC2)ccc1C(N)=S. The molecule has 0 radical (unpaired) electrons. The number of hydrogen-bond donors (Lipinski definition) is 1. The van der Waals surface area contributed by atoms with Crippen LogP contribution in [0.1, 0.15) is 24.0 Å². The van der Waals surface area contributed by atoms with E-state index in [1.165, 1.54) is 25.9 Å². The monoisotopic (exact) mass is 264 g/mol. The molecule has 1 heterocycles. The van der Waals surface area contributed by atoms with Gasteiger partial charge in [-0.3, -0.25) is 4.90 Å². The summed E-state index contributed by atoms with van der Waals surface area (Å²) in [6, 6.07) is 5.87. The van der Waals surface area contributed by atoms with Crippen molar-refractivity contribution in [3.05, 3.63) is 29.3 Å². The zero-order chi connectivity index (χ0) is 13.0. The fourth-order valence-electron chi connectivity index (χ4n) is 2.30. The van der Waals surface area contributed by atoms with Crippen molar-refractivity contribution in [3.8, 4) is 5.75 Å². The second-order valence-corrected chi connectivity index (χ2v) is 5.18. The first-order valence-electron chi connectivity index (χ1n) is 6.42. The van der Waals surface area contributed by atoms with Gasteiger partial charge in [-0.2, -0.15) is 0 Å². The Hall–Kier alpha value is -1.13. The molecule has 0 unspecified atom stereocenters. The third-order valence-electron chi connectivity index (χ3n) is 3.34. The average Bonchev–Trinajstić information content (AvgIpc) is 2.81. The number of thiocarbonyl (C=S) groups is 1. The number of rotatable bonds is 5. The number of hydrogen-bond acceptors (Lipinski definition) is 3. The Balaban J connectivity index is 1.85. The van der Waals surface area contributed by atoms with Gasteiger partial charge in [0.2, 0.25) is 0 Å². The minimum absolute atomic E-state index is 0.441. The van der Waals surface area contributed by atoms with Crippen LogP contribution in [0.5, 0.6) is 5.75 Å². The summed E-state index contributed by atoms with van der Waals surface area (Å²) in [4.78, 5) is 2.88. The van der Waals surface area contributed by atoms with Gasteiger partial charge >= 0.3 is 0 Å². The molecule has 1 fully saturated rings. The molecule has 1 aromatic rings. The maximum Gasteiger partial charge on any atom is 0.119 e. The van der Waals surface area contributed by atoms with E-state index in [2.05, 4.69) is 4.90 Å². The number of nitrogens with two attached hydrogens (primary N) is 1. The van der Waals surface area contributed by atoms with Gasteiger partial charge in [0.25, 0.3) is 0 Å². The van der Waals surface area contributed by atoms with Crippen LogP contribution in [-0.2, 0) is 0 Å². The molecule has 1 aliphatic rings. The summed E-state index contributed by atoms with van der Waals surface area (Å²) in [7, 11) is 0. The van der Waals surface area contributed by atoms with Crippen LogP contribution in [-0.4, -0.2) is 36.1 Å². The third kappa shape index (κ3) is 3.43. The molecule has 2 N–H and O–H groups in total. The summed E-state index contributed by atoms with van der Waals surface area (Å²) >= 11 is 4.98. The van der Waals surface area contributed by atoms with Crippen LogP contribution in [0, 0.1) is 6.92 Å². The highest BCUT2D eigenvalue weighted by Crippen LogP contribution is 2.17. The number of benzene rings is 1. The lowest BCUT2D eigenvalue weighted by atomic mass is 10.1. The highest BCUT2D eigenvalue weighted by Gasteiger charge is 2.11. The van der Waals surface area contributed by atoms with Gasteiger partial charge in [-0.1, -0.05) is 12.2 Å². The summed E-state index contributed by atoms with van der Waals surface area (Å²) < 4.78 is 5.76. The normalized spacial score (nSPS) is 15.8. The van der Waals surface area contributed by atoms with Crippen LogP contribution in [0.2, 0.25) is 0 Å². The standard InChI is InChI=1S/C14H20N2OS/c1-11-10-12(4-5-13(11)14(15)18)17-9-8-16-6-2-3-7-16/h4-5,10H,2-3,6-9H2,1H3,(H2,15,18). The molecule has 0 spiro atoms. The molecule has 0 saturated carbocycles. The van der Waals surface area contributed by atoms with Crippen molar-refractivity contribution >= 4 is 17.2 Å². The lowest BCUT2D eigenvalue weighted by Gasteiger charge is -2.15. The molecule has 0 aromatic heterocycles. The topological polar surface area (TPSA) is 38.5 Å². The van der Waals surface area contributed by atoms with E-state index in [0.29, 0.717) is 4.99 Å². The van der Waals surface area contributed by atoms with Crippen LogP contribution in [0.15, 0.2) is 18.2 Å². The lowest BCUT2D eigenvalue weighted by molar-refractivity contribution is 0.237. The maximum absolute atomic E-state index is 5.76. The van der Waals surface area contributed by atoms with E-state index in [1.807, 2.05) is 25.1 Å². The highest BCUT2D eigenvalue weighted by atomic mass is 32.1. The van der Waals surface area contributed by atoms with Gasteiger partial charge in [0, 0.05) is 12.1 Å². The van der Waals surface area contributed by atoms with Crippen molar-refractivity contribution in [1.29, 1.82) is 0 Å². The third-order valence-corrected chi connectivity index (χ3v) is 3.56. The minimum Gasteiger partial charge on any atom is -0.492 e. The zero-order valence-corrected chi connectivity index (χ0v) is 11.6. The quantitative estimate of drug-likeness (QED) is 0.827. The van der Waals surface area contributed by atoms with Crippen molar-refractivity contribution in [2.75, 3.05) is 26.2 Å². The van der Waals surface area contributed by atoms with Crippen molar-refractivity contribution < 1.29 is 4.74 Å². The van der Waals surface area contributed by atoms with E-state index >= 15 is 0 Å². The molecular weight excluding hydrogens is 244 g/mol. The van der Waals surface area contributed by atoms with Crippen LogP contribution >= 0.6 is 12.2 Å². The second kappa shape index (κ2) is 6.16. The van der Waals surface area contributed by atoms with Gasteiger partial charge in [-0.05, 0) is 56.6 Å². The smallest absolute Gasteiger partial charge is 0.119 e. The van der Waals surface area contributed by atoms with E-state index < -0.39 is 0 Å². The van der Waals surface area contributed by atoms with Gasteiger partial charge in [-0.15, -0.1) is 0 Å². The molecule has 18 heavy (non-hydrogen) atoms. The second-order valence-electron chi connectivity index (χ2n) is 4.74. The number of aryl methyl sites for hydroxylation is 1. The predicted octanol–water partition coefficient (Wildman–Crippen LogP) is 2.10. The Labute approximate surface area is 114 Å². The van der Waals surface area contributed by atoms with Crippen LogP contribution < -0.4 is 10.5 Å². The number of ether oxygens (including phenoxy) is 1. The lowest BCUT2D eigenvalue weighted by Crippen LogP contribution is -2.25. The van der Waals surface area contributed by atoms with Gasteiger partial charge in [-0.25, -0.2) is 0 Å². The summed E-state index contributed by atoms with van der Waals surface area (Å²) in [5.74, 6) is 0.895. The minimum atomic E-state index is 0.441. The van der Waals surface area contributed by atoms with Crippen LogP contribution in [0.3, 0.4) is 0 Å². The zero-order valence-electron chi connectivity index (χ0n) is 10.8. The molecule has 3 nitrogen and oxygen atoms in total. The van der Waals surface area contributed by atoms with Crippen molar-refractivity contribution in [1.82, 2.24) is 4.90 Å². The summed E-state index contributed by atoms with van der Waals surface area (Å²) in [6.45, 7) is 6.18. The van der Waals surface area contributed by atoms with Gasteiger partial charge < -0.3 is 10.5 Å². The molecule has 0 atom stereocenters. The Bertz CT molecular complexity index is 428. The van der Waals surface area contributed by atoms with E-state index in [4.69, 9.17) is 22.7 Å². The molecule has 1 saturated heterocycles. The molecule has 0 bridgehead atoms. The summed E-state index contributed by atoms with van der Waals surface area (Å²) in [5, 5.41) is 0. The fourth-order valence-corrected chi connectivity index (χ4v) is 2.53. The van der Waals surface area contributed by atoms with Crippen LogP contribution in [0.25, 0.3) is 0 Å². The molecular formula is C14H20N2OS. The highest BCUT2D eigenvalue weighted by molar-refractivity contribution is 7.80. The number of likely N-dealkylation sites (tertiary alicyclic amines) is 1. The summed E-state index contributed by atoms with van der Waals surface area (Å²) in [5.41, 5.74) is 7.63. The Morgan fingerprint density at radius 1 is 1.39 bits per heavy atom. The molecule has 4 heteroatoms. The summed E-state index contributed by atoms with van der Waals surface area (Å²) in [6.07, 6.45) is 2.64. The van der Waals surface area contributed by atoms with Crippen LogP contribution in [0.4, 0.5) is 0 Å². The van der Waals surface area contributed by atoms with E-state index in [9.17, 15) is 0 Å². The molecule has 2 rings (SSSR count). The molecule has 0 aliphatic carbocycles. The largest absolute Gasteiger partial charge is 0.492 e. The maximum atomic E-state index is 5.76. The van der Waals surface area contributed by atoms with E-state index in [1.54, 1.807) is 0 Å². The van der Waals surface area contributed by atoms with Crippen molar-refractivity contribution in [2.24, 2.45) is 5.73 Å². The number of nitrogens with zero attached hydrogens (tertiary/aromatic N) is 1. The molecule has 1 aliphatic heterocycles. The molecule has 1 aromatic carbocycles. The average molecular weight is 264 g/mol. The molecule has 0 amide bonds. The van der Waals surface area contributed by atoms with Gasteiger partial charge in [0.1, 0.15) is 17.3 Å². The Morgan fingerprint density at radius 2 is 2.11 bits per heavy atom. The van der Waals surface area contributed by atoms with Gasteiger partial charge in [0.15, 0.2) is 0 Å². The predicted molar refractivity (Wildman–Crippen MR) is 78.2 cm³/mol.